The number of benzene rings is 2. The van der Waals surface area contributed by atoms with Gasteiger partial charge in [0, 0.05) is 0 Å². The van der Waals surface area contributed by atoms with E-state index in [0.717, 1.165) is 6.42 Å². The van der Waals surface area contributed by atoms with E-state index in [9.17, 15) is 0 Å². The predicted molar refractivity (Wildman–Crippen MR) is 139 cm³/mol. The molecule has 4 heteroatoms. The van der Waals surface area contributed by atoms with E-state index >= 15 is 0 Å². The van der Waals surface area contributed by atoms with Gasteiger partial charge in [-0.25, -0.2) is 0 Å². The van der Waals surface area contributed by atoms with E-state index in [1.54, 1.807) is 23.3 Å². The quantitative estimate of drug-likeness (QED) is 0.302. The van der Waals surface area contributed by atoms with Crippen molar-refractivity contribution in [2.75, 3.05) is 0 Å². The molecule has 0 aromatic heterocycles. The Bertz CT molecular complexity index is 1110. The topological polar surface area (TPSA) is 0 Å². The summed E-state index contributed by atoms with van der Waals surface area (Å²) in [6.45, 7) is 23.1. The van der Waals surface area contributed by atoms with E-state index in [4.69, 9.17) is 0 Å². The van der Waals surface area contributed by atoms with Crippen LogP contribution in [0.25, 0.3) is 11.1 Å². The van der Waals surface area contributed by atoms with Crippen molar-refractivity contribution in [3.8, 4) is 11.1 Å². The molecule has 0 radical (unpaired) electrons. The van der Waals surface area contributed by atoms with Crippen LogP contribution in [0.4, 0.5) is 0 Å². The van der Waals surface area contributed by atoms with E-state index in [-0.39, 0.29) is 41.1 Å². The molecule has 0 saturated heterocycles. The van der Waals surface area contributed by atoms with Crippen molar-refractivity contribution >= 4 is 5.43 Å². The second kappa shape index (κ2) is 11.8. The molecule has 2 aromatic carbocycles. The summed E-state index contributed by atoms with van der Waals surface area (Å²) in [5, 5.41) is 0. The van der Waals surface area contributed by atoms with Gasteiger partial charge in [0.05, 0.1) is 0 Å². The third kappa shape index (κ3) is 6.67. The Labute approximate surface area is 236 Å². The Balaban J connectivity index is 0.000000895. The van der Waals surface area contributed by atoms with Gasteiger partial charge in [0.1, 0.15) is 0 Å². The zero-order valence-electron chi connectivity index (χ0n) is 22.5. The maximum absolute atomic E-state index is 3.92. The Kier molecular flexibility index (Phi) is 10.9. The molecule has 0 nitrogen and oxygen atoms in total. The fraction of sp³-hybridized carbons (Fsp3) is 0.467. The Morgan fingerprint density at radius 3 is 1.88 bits per heavy atom. The summed E-state index contributed by atoms with van der Waals surface area (Å²) in [6.07, 6.45) is 10.0. The van der Waals surface area contributed by atoms with Crippen LogP contribution < -0.4 is 24.8 Å². The number of hydrogen-bond donors (Lipinski definition) is 0. The summed E-state index contributed by atoms with van der Waals surface area (Å²) in [7, 11) is 0. The smallest absolute Gasteiger partial charge is 0.0132 e. The van der Waals surface area contributed by atoms with Gasteiger partial charge in [-0.3, -0.25) is 0 Å². The van der Waals surface area contributed by atoms with Crippen molar-refractivity contribution in [1.29, 1.82) is 0 Å². The summed E-state index contributed by atoms with van der Waals surface area (Å²) >= 11 is 1.74. The number of allylic oxidation sites excluding steroid dienone is 4. The van der Waals surface area contributed by atoms with Gasteiger partial charge in [0.2, 0.25) is 0 Å². The van der Waals surface area contributed by atoms with Gasteiger partial charge in [-0.1, -0.05) is 96.0 Å². The second-order valence-electron chi connectivity index (χ2n) is 11.7. The van der Waals surface area contributed by atoms with Crippen molar-refractivity contribution in [3.05, 3.63) is 81.4 Å². The van der Waals surface area contributed by atoms with E-state index in [1.807, 2.05) is 0 Å². The van der Waals surface area contributed by atoms with Crippen LogP contribution in [-0.4, -0.2) is 5.43 Å². The first-order chi connectivity index (χ1) is 14.7. The molecule has 0 saturated carbocycles. The monoisotopic (exact) mass is 587 g/mol. The minimum absolute atomic E-state index is 0. The van der Waals surface area contributed by atoms with Crippen LogP contribution >= 0.6 is 0 Å². The van der Waals surface area contributed by atoms with Crippen LogP contribution in [0.5, 0.6) is 0 Å². The molecule has 0 spiro atoms. The molecule has 4 rings (SSSR count). The number of rotatable bonds is 1. The molecule has 2 aliphatic rings. The van der Waals surface area contributed by atoms with Gasteiger partial charge < -0.3 is 24.8 Å². The van der Waals surface area contributed by atoms with E-state index in [1.165, 1.54) is 50.1 Å². The average molecular weight is 590 g/mol. The Morgan fingerprint density at radius 1 is 0.882 bits per heavy atom. The zero-order valence-corrected chi connectivity index (χ0v) is 27.5. The van der Waals surface area contributed by atoms with Crippen molar-refractivity contribution in [1.82, 2.24) is 0 Å². The number of hydrogen-bond acceptors (Lipinski definition) is 0. The molecule has 34 heavy (non-hydrogen) atoms. The van der Waals surface area contributed by atoms with Gasteiger partial charge >= 0.3 is 41.9 Å². The first kappa shape index (κ1) is 31.6. The van der Waals surface area contributed by atoms with Gasteiger partial charge in [-0.05, 0) is 41.2 Å². The predicted octanol–water partition coefficient (Wildman–Crippen LogP) is 2.27. The Morgan fingerprint density at radius 2 is 1.41 bits per heavy atom. The molecule has 0 atom stereocenters. The summed E-state index contributed by atoms with van der Waals surface area (Å²) in [4.78, 5) is 0. The van der Waals surface area contributed by atoms with Gasteiger partial charge in [-0.15, -0.1) is 22.3 Å². The number of fused-ring (bicyclic) bond motifs is 3. The van der Waals surface area contributed by atoms with Crippen molar-refractivity contribution in [3.63, 3.8) is 0 Å². The third-order valence-corrected chi connectivity index (χ3v) is 6.36. The van der Waals surface area contributed by atoms with Crippen molar-refractivity contribution in [2.45, 2.75) is 91.7 Å². The fourth-order valence-electron chi connectivity index (χ4n) is 4.91. The minimum atomic E-state index is 0. The molecule has 0 amide bonds. The van der Waals surface area contributed by atoms with Crippen LogP contribution in [-0.2, 0) is 40.6 Å². The molecule has 0 N–H and O–H groups in total. The molecule has 2 aromatic rings. The van der Waals surface area contributed by atoms with E-state index in [0.29, 0.717) is 5.92 Å². The summed E-state index contributed by atoms with van der Waals surface area (Å²) in [6, 6.07) is 8.76. The van der Waals surface area contributed by atoms with Crippen LogP contribution in [0.2, 0.25) is 13.1 Å². The van der Waals surface area contributed by atoms with Crippen molar-refractivity contribution < 1.29 is 48.1 Å². The summed E-state index contributed by atoms with van der Waals surface area (Å²) in [5.74, 6) is 0.369. The maximum atomic E-state index is 3.92. The maximum Gasteiger partial charge on any atom is -0.0132 e. The molecular formula is C30H39Cl2SiZr-. The summed E-state index contributed by atoms with van der Waals surface area (Å²) < 4.78 is 0. The zero-order chi connectivity index (χ0) is 24.0. The molecular weight excluding hydrogens is 551 g/mol. The van der Waals surface area contributed by atoms with Crippen LogP contribution in [0.15, 0.2) is 36.4 Å². The van der Waals surface area contributed by atoms with Crippen LogP contribution in [0.1, 0.15) is 86.4 Å². The molecule has 0 aliphatic heterocycles. The minimum Gasteiger partial charge on any atom is -1.00 e. The average Bonchev–Trinajstić information content (AvgIpc) is 3.26. The van der Waals surface area contributed by atoms with Crippen LogP contribution in [0, 0.1) is 19.9 Å². The van der Waals surface area contributed by atoms with Crippen LogP contribution in [0.3, 0.4) is 0 Å². The molecule has 182 valence electrons. The Hall–Kier alpha value is -0.400. The molecule has 0 heterocycles. The summed E-state index contributed by atoms with van der Waals surface area (Å²) in [5.41, 5.74) is 13.4. The van der Waals surface area contributed by atoms with Gasteiger partial charge in [0.25, 0.3) is 0 Å². The first-order valence-corrected chi connectivity index (χ1v) is 18.0. The largest absolute Gasteiger partial charge is 1.00 e. The number of halogens is 2. The molecule has 0 unspecified atom stereocenters. The first-order valence-electron chi connectivity index (χ1n) is 11.8. The number of aryl methyl sites for hydroxylation is 1. The fourth-order valence-corrected chi connectivity index (χ4v) is 4.91. The normalized spacial score (nSPS) is 14.0. The van der Waals surface area contributed by atoms with Gasteiger partial charge in [-0.2, -0.15) is 11.6 Å². The molecule has 0 bridgehead atoms. The molecule has 2 aliphatic carbocycles. The third-order valence-electron chi connectivity index (χ3n) is 6.36. The standard InChI is InChI=1S/C28H33.C2H6Si.2ClH.Zr/c1-17-13-22(27(3,4)5)15-20-14-21-16-23(28(6,7)8)25(19-11-9-10-12-19)18(2)26(21)24(17)20;1-3-2;;;/h9-13,15,19H,14H2,1-8H3;1-2H3;2*1H;/q-1;;;;+2/p-2. The SMILES string of the molecule is C[Si](C)=[Zr+2].Cc1cc(C(C)(C)C)cc2c1-c1c([c-]c(C(C)(C)C)c(C3C=CC=C3)c1C)C2.[Cl-].[Cl-]. The van der Waals surface area contributed by atoms with E-state index < -0.39 is 0 Å². The van der Waals surface area contributed by atoms with Crippen molar-refractivity contribution in [2.24, 2.45) is 0 Å². The second-order valence-corrected chi connectivity index (χ2v) is 21.1. The van der Waals surface area contributed by atoms with E-state index in [2.05, 4.69) is 111 Å². The molecule has 0 fully saturated rings. The van der Waals surface area contributed by atoms with Gasteiger partial charge in [0.15, 0.2) is 0 Å².